The van der Waals surface area contributed by atoms with Gasteiger partial charge in [-0.15, -0.1) is 0 Å². The van der Waals surface area contributed by atoms with Gasteiger partial charge in [0.15, 0.2) is 0 Å². The van der Waals surface area contributed by atoms with Crippen molar-refractivity contribution in [2.45, 2.75) is 12.8 Å². The third kappa shape index (κ3) is 4.29. The number of carbonyl (C=O) groups is 2. The number of rotatable bonds is 5. The van der Waals surface area contributed by atoms with Gasteiger partial charge in [-0.05, 0) is 6.42 Å². The van der Waals surface area contributed by atoms with Crippen LogP contribution in [0.25, 0.3) is 0 Å². The Morgan fingerprint density at radius 1 is 1.39 bits per heavy atom. The lowest BCUT2D eigenvalue weighted by molar-refractivity contribution is -0.140. The zero-order valence-corrected chi connectivity index (χ0v) is 11.0. The first kappa shape index (κ1) is 14.4. The highest BCUT2D eigenvalue weighted by molar-refractivity contribution is 6.29. The van der Waals surface area contributed by atoms with Gasteiger partial charge < -0.3 is 9.64 Å². The Morgan fingerprint density at radius 2 is 2.11 bits per heavy atom. The normalized spacial score (nSPS) is 9.94. The third-order valence-electron chi connectivity index (χ3n) is 2.29. The van der Waals surface area contributed by atoms with Crippen molar-refractivity contribution in [2.24, 2.45) is 0 Å². The molecule has 0 N–H and O–H groups in total. The molecule has 1 aromatic rings. The minimum absolute atomic E-state index is 0.222. The second-order valence-electron chi connectivity index (χ2n) is 3.63. The monoisotopic (exact) mass is 271 g/mol. The van der Waals surface area contributed by atoms with Gasteiger partial charge in [0.1, 0.15) is 10.8 Å². The number of carbonyl (C=O) groups excluding carboxylic acids is 2. The van der Waals surface area contributed by atoms with Gasteiger partial charge in [0.25, 0.3) is 5.91 Å². The van der Waals surface area contributed by atoms with Gasteiger partial charge in [0.2, 0.25) is 0 Å². The molecule has 18 heavy (non-hydrogen) atoms. The average molecular weight is 272 g/mol. The predicted octanol–water partition coefficient (Wildman–Crippen LogP) is 1.16. The lowest BCUT2D eigenvalue weighted by atomic mass is 10.3. The molecule has 0 aliphatic heterocycles. The van der Waals surface area contributed by atoms with E-state index < -0.39 is 0 Å². The van der Waals surface area contributed by atoms with E-state index in [-0.39, 0.29) is 29.1 Å². The van der Waals surface area contributed by atoms with E-state index in [2.05, 4.69) is 14.7 Å². The molecule has 0 radical (unpaired) electrons. The smallest absolute Gasteiger partial charge is 0.305 e. The summed E-state index contributed by atoms with van der Waals surface area (Å²) in [6.07, 6.45) is 3.45. The number of hydrogen-bond acceptors (Lipinski definition) is 5. The quantitative estimate of drug-likeness (QED) is 0.752. The number of halogens is 1. The van der Waals surface area contributed by atoms with E-state index in [1.165, 1.54) is 24.4 Å². The molecule has 0 aliphatic carbocycles. The van der Waals surface area contributed by atoms with Crippen molar-refractivity contribution in [1.29, 1.82) is 0 Å². The van der Waals surface area contributed by atoms with Gasteiger partial charge in [0, 0.05) is 20.0 Å². The number of aromatic nitrogens is 2. The van der Waals surface area contributed by atoms with Gasteiger partial charge in [-0.25, -0.2) is 9.97 Å². The summed E-state index contributed by atoms with van der Waals surface area (Å²) in [5.41, 5.74) is 0.222. The summed E-state index contributed by atoms with van der Waals surface area (Å²) in [5, 5.41) is 0.236. The van der Waals surface area contributed by atoms with Gasteiger partial charge >= 0.3 is 5.97 Å². The van der Waals surface area contributed by atoms with Crippen molar-refractivity contribution >= 4 is 23.5 Å². The van der Waals surface area contributed by atoms with Crippen LogP contribution < -0.4 is 0 Å². The average Bonchev–Trinajstić information content (AvgIpc) is 2.38. The zero-order chi connectivity index (χ0) is 13.5. The zero-order valence-electron chi connectivity index (χ0n) is 10.2. The highest BCUT2D eigenvalue weighted by Gasteiger charge is 2.13. The Labute approximate surface area is 110 Å². The largest absolute Gasteiger partial charge is 0.469 e. The first-order valence-corrected chi connectivity index (χ1v) is 5.72. The molecule has 1 heterocycles. The van der Waals surface area contributed by atoms with Gasteiger partial charge in [-0.1, -0.05) is 11.6 Å². The Kier molecular flexibility index (Phi) is 5.51. The highest BCUT2D eigenvalue weighted by Crippen LogP contribution is 2.04. The molecule has 1 aromatic heterocycles. The van der Waals surface area contributed by atoms with E-state index in [9.17, 15) is 9.59 Å². The predicted molar refractivity (Wildman–Crippen MR) is 65.3 cm³/mol. The van der Waals surface area contributed by atoms with Crippen LogP contribution in [-0.4, -0.2) is 47.4 Å². The van der Waals surface area contributed by atoms with Crippen molar-refractivity contribution < 1.29 is 14.3 Å². The fraction of sp³-hybridized carbons (Fsp3) is 0.455. The van der Waals surface area contributed by atoms with Crippen LogP contribution in [0.15, 0.2) is 12.4 Å². The van der Waals surface area contributed by atoms with E-state index in [0.29, 0.717) is 13.0 Å². The van der Waals surface area contributed by atoms with Crippen LogP contribution in [0.4, 0.5) is 0 Å². The molecule has 1 rings (SSSR count). The summed E-state index contributed by atoms with van der Waals surface area (Å²) in [5.74, 6) is -0.550. The minimum Gasteiger partial charge on any atom is -0.469 e. The number of nitrogens with zero attached hydrogens (tertiary/aromatic N) is 3. The summed E-state index contributed by atoms with van der Waals surface area (Å²) >= 11 is 5.58. The van der Waals surface area contributed by atoms with Crippen molar-refractivity contribution in [3.63, 3.8) is 0 Å². The number of ether oxygens (including phenoxy) is 1. The molecule has 98 valence electrons. The maximum Gasteiger partial charge on any atom is 0.305 e. The molecular weight excluding hydrogens is 258 g/mol. The number of hydrogen-bond donors (Lipinski definition) is 0. The molecule has 0 bridgehead atoms. The van der Waals surface area contributed by atoms with Gasteiger partial charge in [-0.2, -0.15) is 0 Å². The van der Waals surface area contributed by atoms with E-state index in [0.717, 1.165) is 0 Å². The second-order valence-corrected chi connectivity index (χ2v) is 4.02. The maximum absolute atomic E-state index is 11.9. The molecule has 0 aromatic carbocycles. The van der Waals surface area contributed by atoms with Crippen LogP contribution in [0.5, 0.6) is 0 Å². The molecule has 0 spiro atoms. The van der Waals surface area contributed by atoms with Crippen LogP contribution in [0.3, 0.4) is 0 Å². The molecular formula is C11H14ClN3O3. The molecule has 0 saturated heterocycles. The summed E-state index contributed by atoms with van der Waals surface area (Å²) in [7, 11) is 2.97. The number of esters is 1. The van der Waals surface area contributed by atoms with Gasteiger partial charge in [-0.3, -0.25) is 9.59 Å². The summed E-state index contributed by atoms with van der Waals surface area (Å²) < 4.78 is 4.51. The van der Waals surface area contributed by atoms with Crippen molar-refractivity contribution in [2.75, 3.05) is 20.7 Å². The maximum atomic E-state index is 11.9. The van der Waals surface area contributed by atoms with Crippen molar-refractivity contribution in [3.8, 4) is 0 Å². The Bertz CT molecular complexity index is 422. The standard InChI is InChI=1S/C11H14ClN3O3/c1-15(5-3-4-10(16)18-2)11(17)8-6-14-9(12)7-13-8/h6-7H,3-5H2,1-2H3. The fourth-order valence-electron chi connectivity index (χ4n) is 1.28. The van der Waals surface area contributed by atoms with E-state index in [4.69, 9.17) is 11.6 Å². The second kappa shape index (κ2) is 6.90. The van der Waals surface area contributed by atoms with E-state index in [1.54, 1.807) is 7.05 Å². The Hall–Kier alpha value is -1.69. The van der Waals surface area contributed by atoms with E-state index >= 15 is 0 Å². The summed E-state index contributed by atoms with van der Waals surface area (Å²) in [6, 6.07) is 0. The van der Waals surface area contributed by atoms with Crippen LogP contribution >= 0.6 is 11.6 Å². The summed E-state index contributed by atoms with van der Waals surface area (Å²) in [6.45, 7) is 0.443. The Balaban J connectivity index is 2.46. The molecule has 1 amide bonds. The molecule has 0 saturated carbocycles. The first-order valence-electron chi connectivity index (χ1n) is 5.34. The van der Waals surface area contributed by atoms with E-state index in [1.807, 2.05) is 0 Å². The topological polar surface area (TPSA) is 72.4 Å². The fourth-order valence-corrected chi connectivity index (χ4v) is 1.38. The van der Waals surface area contributed by atoms with Gasteiger partial charge in [0.05, 0.1) is 19.5 Å². The molecule has 7 heteroatoms. The molecule has 0 aliphatic rings. The number of amides is 1. The first-order chi connectivity index (χ1) is 8.54. The number of methoxy groups -OCH3 is 1. The minimum atomic E-state index is -0.290. The SMILES string of the molecule is COC(=O)CCCN(C)C(=O)c1cnc(Cl)cn1. The molecule has 6 nitrogen and oxygen atoms in total. The van der Waals surface area contributed by atoms with Crippen molar-refractivity contribution in [1.82, 2.24) is 14.9 Å². The molecule has 0 fully saturated rings. The lowest BCUT2D eigenvalue weighted by Crippen LogP contribution is -2.29. The highest BCUT2D eigenvalue weighted by atomic mass is 35.5. The Morgan fingerprint density at radius 3 is 2.67 bits per heavy atom. The van der Waals surface area contributed by atoms with Crippen LogP contribution in [0.2, 0.25) is 5.15 Å². The molecule has 0 atom stereocenters. The lowest BCUT2D eigenvalue weighted by Gasteiger charge is -2.15. The van der Waals surface area contributed by atoms with Crippen LogP contribution in [-0.2, 0) is 9.53 Å². The third-order valence-corrected chi connectivity index (χ3v) is 2.48. The van der Waals surface area contributed by atoms with Crippen LogP contribution in [0, 0.1) is 0 Å². The van der Waals surface area contributed by atoms with Crippen molar-refractivity contribution in [3.05, 3.63) is 23.2 Å². The molecule has 0 unspecified atom stereocenters. The van der Waals surface area contributed by atoms with Crippen LogP contribution in [0.1, 0.15) is 23.3 Å². The summed E-state index contributed by atoms with van der Waals surface area (Å²) in [4.78, 5) is 31.9.